The van der Waals surface area contributed by atoms with Crippen LogP contribution in [0.15, 0.2) is 22.6 Å². The number of halogens is 2. The van der Waals surface area contributed by atoms with Gasteiger partial charge < -0.3 is 9.73 Å². The van der Waals surface area contributed by atoms with Crippen LogP contribution in [0.4, 0.5) is 8.78 Å². The van der Waals surface area contributed by atoms with E-state index in [1.54, 1.807) is 0 Å². The minimum atomic E-state index is -0.923. The molecule has 1 N–H and O–H groups in total. The van der Waals surface area contributed by atoms with Crippen LogP contribution in [0.2, 0.25) is 0 Å². The summed E-state index contributed by atoms with van der Waals surface area (Å²) in [5.74, 6) is -1.11. The molecule has 2 aromatic rings. The second-order valence-corrected chi connectivity index (χ2v) is 4.61. The lowest BCUT2D eigenvalue weighted by Gasteiger charge is -1.98. The normalized spacial score (nSPS) is 14.8. The van der Waals surface area contributed by atoms with E-state index in [0.29, 0.717) is 23.9 Å². The van der Waals surface area contributed by atoms with Crippen molar-refractivity contribution >= 4 is 0 Å². The fourth-order valence-electron chi connectivity index (χ4n) is 1.77. The molecule has 0 spiro atoms. The lowest BCUT2D eigenvalue weighted by molar-refractivity contribution is 0.490. The summed E-state index contributed by atoms with van der Waals surface area (Å²) in [6, 6.07) is 4.14. The van der Waals surface area contributed by atoms with E-state index in [1.165, 1.54) is 18.9 Å². The van der Waals surface area contributed by atoms with Crippen molar-refractivity contribution in [3.8, 4) is 11.5 Å². The Bertz CT molecular complexity index is 581. The first-order valence-corrected chi connectivity index (χ1v) is 6.23. The molecule has 0 amide bonds. The second-order valence-electron chi connectivity index (χ2n) is 4.61. The van der Waals surface area contributed by atoms with Crippen molar-refractivity contribution in [1.82, 2.24) is 15.5 Å². The maximum Gasteiger partial charge on any atom is 0.247 e. The van der Waals surface area contributed by atoms with E-state index in [0.717, 1.165) is 18.7 Å². The third-order valence-electron chi connectivity index (χ3n) is 2.98. The SMILES string of the molecule is Fc1ccc(-c2nnc(CCNC3CC3)o2)cc1F. The Kier molecular flexibility index (Phi) is 3.25. The van der Waals surface area contributed by atoms with Gasteiger partial charge in [-0.05, 0) is 31.0 Å². The van der Waals surface area contributed by atoms with E-state index in [9.17, 15) is 8.78 Å². The summed E-state index contributed by atoms with van der Waals surface area (Å²) >= 11 is 0. The number of aromatic nitrogens is 2. The van der Waals surface area contributed by atoms with Gasteiger partial charge in [-0.15, -0.1) is 10.2 Å². The van der Waals surface area contributed by atoms with Gasteiger partial charge in [0.05, 0.1) is 0 Å². The van der Waals surface area contributed by atoms with E-state index in [2.05, 4.69) is 15.5 Å². The molecule has 100 valence electrons. The van der Waals surface area contributed by atoms with Crippen LogP contribution in [0.5, 0.6) is 0 Å². The minimum absolute atomic E-state index is 0.209. The Labute approximate surface area is 108 Å². The van der Waals surface area contributed by atoms with Crippen LogP contribution in [-0.2, 0) is 6.42 Å². The van der Waals surface area contributed by atoms with Gasteiger partial charge in [0.25, 0.3) is 0 Å². The second kappa shape index (κ2) is 5.05. The Morgan fingerprint density at radius 1 is 1.21 bits per heavy atom. The fourth-order valence-corrected chi connectivity index (χ4v) is 1.77. The van der Waals surface area contributed by atoms with Crippen LogP contribution in [0.25, 0.3) is 11.5 Å². The molecule has 1 aromatic heterocycles. The molecule has 1 fully saturated rings. The zero-order valence-corrected chi connectivity index (χ0v) is 10.2. The molecule has 1 aliphatic rings. The highest BCUT2D eigenvalue weighted by Gasteiger charge is 2.20. The molecule has 6 heteroatoms. The fraction of sp³-hybridized carbons (Fsp3) is 0.385. The van der Waals surface area contributed by atoms with Gasteiger partial charge in [0.2, 0.25) is 11.8 Å². The number of hydrogen-bond acceptors (Lipinski definition) is 4. The molecule has 3 rings (SSSR count). The quantitative estimate of drug-likeness (QED) is 0.901. The summed E-state index contributed by atoms with van der Waals surface area (Å²) in [5, 5.41) is 11.1. The Morgan fingerprint density at radius 3 is 2.79 bits per heavy atom. The van der Waals surface area contributed by atoms with Crippen molar-refractivity contribution in [2.45, 2.75) is 25.3 Å². The predicted octanol–water partition coefficient (Wildman–Crippen LogP) is 2.31. The molecule has 1 heterocycles. The first-order chi connectivity index (χ1) is 9.22. The summed E-state index contributed by atoms with van der Waals surface area (Å²) in [6.45, 7) is 0.782. The van der Waals surface area contributed by atoms with Crippen LogP contribution in [0.3, 0.4) is 0 Å². The predicted molar refractivity (Wildman–Crippen MR) is 64.4 cm³/mol. The van der Waals surface area contributed by atoms with Gasteiger partial charge in [-0.25, -0.2) is 8.78 Å². The molecule has 1 saturated carbocycles. The van der Waals surface area contributed by atoms with Crippen molar-refractivity contribution < 1.29 is 13.2 Å². The van der Waals surface area contributed by atoms with Gasteiger partial charge in [-0.1, -0.05) is 0 Å². The molecule has 0 radical (unpaired) electrons. The molecule has 0 atom stereocenters. The van der Waals surface area contributed by atoms with Crippen molar-refractivity contribution in [3.05, 3.63) is 35.7 Å². The van der Waals surface area contributed by atoms with Crippen LogP contribution in [0.1, 0.15) is 18.7 Å². The number of rotatable bonds is 5. The van der Waals surface area contributed by atoms with Gasteiger partial charge in [-0.3, -0.25) is 0 Å². The molecule has 1 aliphatic carbocycles. The first-order valence-electron chi connectivity index (χ1n) is 6.23. The monoisotopic (exact) mass is 265 g/mol. The van der Waals surface area contributed by atoms with Gasteiger partial charge in [0.15, 0.2) is 11.6 Å². The zero-order chi connectivity index (χ0) is 13.2. The van der Waals surface area contributed by atoms with Crippen molar-refractivity contribution in [3.63, 3.8) is 0 Å². The van der Waals surface area contributed by atoms with Crippen molar-refractivity contribution in [2.75, 3.05) is 6.54 Å². The number of nitrogens with zero attached hydrogens (tertiary/aromatic N) is 2. The van der Waals surface area contributed by atoms with Gasteiger partial charge >= 0.3 is 0 Å². The molecule has 0 saturated heterocycles. The highest BCUT2D eigenvalue weighted by atomic mass is 19.2. The van der Waals surface area contributed by atoms with Gasteiger partial charge in [-0.2, -0.15) is 0 Å². The smallest absolute Gasteiger partial charge is 0.247 e. The van der Waals surface area contributed by atoms with Crippen LogP contribution in [0, 0.1) is 11.6 Å². The van der Waals surface area contributed by atoms with Crippen LogP contribution < -0.4 is 5.32 Å². The number of nitrogens with one attached hydrogen (secondary N) is 1. The Balaban J connectivity index is 1.67. The minimum Gasteiger partial charge on any atom is -0.421 e. The van der Waals surface area contributed by atoms with E-state index in [4.69, 9.17) is 4.42 Å². The first kappa shape index (κ1) is 12.2. The van der Waals surface area contributed by atoms with Crippen molar-refractivity contribution in [2.24, 2.45) is 0 Å². The average Bonchev–Trinajstić information content (AvgIpc) is 3.10. The molecule has 19 heavy (non-hydrogen) atoms. The Morgan fingerprint density at radius 2 is 2.05 bits per heavy atom. The summed E-state index contributed by atoms with van der Waals surface area (Å²) < 4.78 is 31.3. The van der Waals surface area contributed by atoms with E-state index >= 15 is 0 Å². The van der Waals surface area contributed by atoms with Crippen LogP contribution in [-0.4, -0.2) is 22.8 Å². The maximum atomic E-state index is 13.1. The number of benzene rings is 1. The van der Waals surface area contributed by atoms with Crippen LogP contribution >= 0.6 is 0 Å². The summed E-state index contributed by atoms with van der Waals surface area (Å²) in [7, 11) is 0. The standard InChI is InChI=1S/C13H13F2N3O/c14-10-4-1-8(7-11(10)15)13-18-17-12(19-13)5-6-16-9-2-3-9/h1,4,7,9,16H,2-3,5-6H2. The molecule has 0 aliphatic heterocycles. The lowest BCUT2D eigenvalue weighted by Crippen LogP contribution is -2.19. The summed E-state index contributed by atoms with van der Waals surface area (Å²) in [6.07, 6.45) is 3.08. The number of hydrogen-bond donors (Lipinski definition) is 1. The van der Waals surface area contributed by atoms with Gasteiger partial charge in [0.1, 0.15) is 0 Å². The molecule has 0 unspecified atom stereocenters. The molecular formula is C13H13F2N3O. The topological polar surface area (TPSA) is 51.0 Å². The largest absolute Gasteiger partial charge is 0.421 e. The third kappa shape index (κ3) is 2.96. The highest BCUT2D eigenvalue weighted by Crippen LogP contribution is 2.21. The Hall–Kier alpha value is -1.82. The highest BCUT2D eigenvalue weighted by molar-refractivity contribution is 5.52. The molecular weight excluding hydrogens is 252 g/mol. The third-order valence-corrected chi connectivity index (χ3v) is 2.98. The molecule has 4 nitrogen and oxygen atoms in total. The lowest BCUT2D eigenvalue weighted by atomic mass is 10.2. The van der Waals surface area contributed by atoms with E-state index < -0.39 is 11.6 Å². The van der Waals surface area contributed by atoms with Crippen molar-refractivity contribution in [1.29, 1.82) is 0 Å². The molecule has 0 bridgehead atoms. The zero-order valence-electron chi connectivity index (χ0n) is 10.2. The maximum absolute atomic E-state index is 13.1. The summed E-state index contributed by atoms with van der Waals surface area (Å²) in [5.41, 5.74) is 0.382. The van der Waals surface area contributed by atoms with Gasteiger partial charge in [0, 0.05) is 24.6 Å². The van der Waals surface area contributed by atoms with E-state index in [1.807, 2.05) is 0 Å². The molecule has 1 aromatic carbocycles. The van der Waals surface area contributed by atoms with E-state index in [-0.39, 0.29) is 5.89 Å². The summed E-state index contributed by atoms with van der Waals surface area (Å²) in [4.78, 5) is 0. The average molecular weight is 265 g/mol.